The van der Waals surface area contributed by atoms with Crippen LogP contribution in [0.4, 0.5) is 0 Å². The molecule has 1 aliphatic heterocycles. The topological polar surface area (TPSA) is 107 Å². The summed E-state index contributed by atoms with van der Waals surface area (Å²) in [6.07, 6.45) is -0.720. The average Bonchev–Trinajstić information content (AvgIpc) is 3.06. The Labute approximate surface area is 169 Å². The average molecular weight is 415 g/mol. The Morgan fingerprint density at radius 3 is 2.14 bits per heavy atom. The van der Waals surface area contributed by atoms with E-state index in [0.29, 0.717) is 17.5 Å². The third-order valence-electron chi connectivity index (χ3n) is 4.65. The van der Waals surface area contributed by atoms with E-state index in [4.69, 9.17) is 4.74 Å². The third-order valence-corrected chi connectivity index (χ3v) is 6.42. The number of nitrogens with one attached hydrogen (secondary N) is 1. The van der Waals surface area contributed by atoms with Crippen molar-refractivity contribution in [2.75, 3.05) is 11.5 Å². The zero-order chi connectivity index (χ0) is 21.0. The van der Waals surface area contributed by atoms with Gasteiger partial charge in [0.1, 0.15) is 0 Å². The maximum Gasteiger partial charge on any atom is 0.338 e. The lowest BCUT2D eigenvalue weighted by molar-refractivity contribution is -0.129. The number of benzene rings is 2. The van der Waals surface area contributed by atoms with Crippen molar-refractivity contribution in [2.24, 2.45) is 0 Å². The molecule has 1 N–H and O–H groups in total. The first-order chi connectivity index (χ1) is 13.7. The minimum atomic E-state index is -3.11. The summed E-state index contributed by atoms with van der Waals surface area (Å²) in [5.41, 5.74) is 1.18. The van der Waals surface area contributed by atoms with Gasteiger partial charge in [-0.2, -0.15) is 0 Å². The van der Waals surface area contributed by atoms with Crippen LogP contribution in [0.5, 0.6) is 0 Å². The van der Waals surface area contributed by atoms with Gasteiger partial charge >= 0.3 is 5.97 Å². The van der Waals surface area contributed by atoms with Crippen LogP contribution >= 0.6 is 0 Å². The Balaban J connectivity index is 1.57. The fourth-order valence-corrected chi connectivity index (χ4v) is 4.70. The standard InChI is InChI=1S/C21H21NO6S/c1-14(20(24)22-18-11-12-29(26,27)13-18)28-21(25)17-9-7-16(8-10-17)19(23)15-5-3-2-4-6-15/h2-10,14,18H,11-13H2,1H3,(H,22,24)/t14-,18+/m0/s1. The third kappa shape index (κ3) is 5.29. The molecule has 0 spiro atoms. The van der Waals surface area contributed by atoms with Gasteiger partial charge in [-0.05, 0) is 25.5 Å². The monoisotopic (exact) mass is 415 g/mol. The Morgan fingerprint density at radius 2 is 1.55 bits per heavy atom. The summed E-state index contributed by atoms with van der Waals surface area (Å²) in [5, 5.41) is 2.59. The summed E-state index contributed by atoms with van der Waals surface area (Å²) in [6, 6.07) is 14.3. The smallest absolute Gasteiger partial charge is 0.338 e. The second kappa shape index (κ2) is 8.57. The van der Waals surface area contributed by atoms with Crippen molar-refractivity contribution in [3.05, 3.63) is 71.3 Å². The number of amides is 1. The Bertz CT molecular complexity index is 1010. The first kappa shape index (κ1) is 20.7. The number of carbonyl (C=O) groups is 3. The highest BCUT2D eigenvalue weighted by atomic mass is 32.2. The highest BCUT2D eigenvalue weighted by molar-refractivity contribution is 7.91. The predicted octanol–water partition coefficient (Wildman–Crippen LogP) is 1.77. The largest absolute Gasteiger partial charge is 0.449 e. The first-order valence-corrected chi connectivity index (χ1v) is 11.0. The molecule has 0 radical (unpaired) electrons. The van der Waals surface area contributed by atoms with Gasteiger partial charge in [-0.3, -0.25) is 9.59 Å². The molecule has 0 aliphatic carbocycles. The van der Waals surface area contributed by atoms with Crippen LogP contribution in [-0.2, 0) is 19.4 Å². The van der Waals surface area contributed by atoms with Gasteiger partial charge in [-0.15, -0.1) is 0 Å². The molecule has 7 nitrogen and oxygen atoms in total. The zero-order valence-electron chi connectivity index (χ0n) is 15.8. The quantitative estimate of drug-likeness (QED) is 0.569. The van der Waals surface area contributed by atoms with Crippen LogP contribution in [0, 0.1) is 0 Å². The van der Waals surface area contributed by atoms with Crippen LogP contribution in [-0.4, -0.2) is 49.7 Å². The van der Waals surface area contributed by atoms with Crippen molar-refractivity contribution < 1.29 is 27.5 Å². The highest BCUT2D eigenvalue weighted by Gasteiger charge is 2.30. The molecule has 8 heteroatoms. The van der Waals surface area contributed by atoms with E-state index in [0.717, 1.165) is 0 Å². The van der Waals surface area contributed by atoms with Crippen LogP contribution in [0.2, 0.25) is 0 Å². The van der Waals surface area contributed by atoms with E-state index in [1.54, 1.807) is 24.3 Å². The molecule has 29 heavy (non-hydrogen) atoms. The molecular formula is C21H21NO6S. The lowest BCUT2D eigenvalue weighted by atomic mass is 10.0. The summed E-state index contributed by atoms with van der Waals surface area (Å²) in [6.45, 7) is 1.42. The van der Waals surface area contributed by atoms with Crippen LogP contribution < -0.4 is 5.32 Å². The summed E-state index contributed by atoms with van der Waals surface area (Å²) >= 11 is 0. The molecule has 2 atom stereocenters. The molecule has 0 saturated carbocycles. The fraction of sp³-hybridized carbons (Fsp3) is 0.286. The number of hydrogen-bond donors (Lipinski definition) is 1. The molecule has 0 bridgehead atoms. The summed E-state index contributed by atoms with van der Waals surface area (Å²) < 4.78 is 28.1. The molecule has 1 aliphatic rings. The molecule has 0 unspecified atom stereocenters. The molecule has 0 aromatic heterocycles. The van der Waals surface area contributed by atoms with Crippen LogP contribution in [0.25, 0.3) is 0 Å². The van der Waals surface area contributed by atoms with E-state index >= 15 is 0 Å². The normalized spacial score (nSPS) is 18.6. The minimum Gasteiger partial charge on any atom is -0.449 e. The van der Waals surface area contributed by atoms with Crippen LogP contribution in [0.1, 0.15) is 39.6 Å². The van der Waals surface area contributed by atoms with Crippen LogP contribution in [0.3, 0.4) is 0 Å². The molecule has 1 saturated heterocycles. The van der Waals surface area contributed by atoms with Gasteiger partial charge in [-0.25, -0.2) is 13.2 Å². The lowest BCUT2D eigenvalue weighted by Crippen LogP contribution is -2.42. The summed E-state index contributed by atoms with van der Waals surface area (Å²) in [5.74, 6) is -1.47. The number of rotatable bonds is 6. The van der Waals surface area contributed by atoms with Gasteiger partial charge in [0.25, 0.3) is 5.91 Å². The Hall–Kier alpha value is -3.00. The molecule has 2 aromatic rings. The van der Waals surface area contributed by atoms with Gasteiger partial charge < -0.3 is 10.1 Å². The number of esters is 1. The highest BCUT2D eigenvalue weighted by Crippen LogP contribution is 2.14. The molecule has 3 rings (SSSR count). The Morgan fingerprint density at radius 1 is 0.966 bits per heavy atom. The van der Waals surface area contributed by atoms with Crippen molar-refractivity contribution in [3.63, 3.8) is 0 Å². The van der Waals surface area contributed by atoms with Gasteiger partial charge in [-0.1, -0.05) is 42.5 Å². The van der Waals surface area contributed by atoms with E-state index in [9.17, 15) is 22.8 Å². The molecule has 2 aromatic carbocycles. The summed E-state index contributed by atoms with van der Waals surface area (Å²) in [4.78, 5) is 36.8. The number of ether oxygens (including phenoxy) is 1. The van der Waals surface area contributed by atoms with Gasteiger partial charge in [0.15, 0.2) is 21.7 Å². The molecule has 1 heterocycles. The molecule has 1 fully saturated rings. The lowest BCUT2D eigenvalue weighted by Gasteiger charge is -2.16. The molecule has 152 valence electrons. The second-order valence-corrected chi connectivity index (χ2v) is 9.16. The number of hydrogen-bond acceptors (Lipinski definition) is 6. The zero-order valence-corrected chi connectivity index (χ0v) is 16.6. The number of ketones is 1. The number of carbonyl (C=O) groups excluding carboxylic acids is 3. The van der Waals surface area contributed by atoms with E-state index in [-0.39, 0.29) is 22.9 Å². The van der Waals surface area contributed by atoms with Crippen molar-refractivity contribution in [3.8, 4) is 0 Å². The number of sulfone groups is 1. The first-order valence-electron chi connectivity index (χ1n) is 9.17. The van der Waals surface area contributed by atoms with Gasteiger partial charge in [0.2, 0.25) is 0 Å². The maximum absolute atomic E-state index is 12.4. The van der Waals surface area contributed by atoms with E-state index in [1.807, 2.05) is 6.07 Å². The van der Waals surface area contributed by atoms with Crippen molar-refractivity contribution in [2.45, 2.75) is 25.5 Å². The van der Waals surface area contributed by atoms with Gasteiger partial charge in [0, 0.05) is 17.2 Å². The molecular weight excluding hydrogens is 394 g/mol. The SMILES string of the molecule is C[C@H](OC(=O)c1ccc(C(=O)c2ccccc2)cc1)C(=O)N[C@@H]1CCS(=O)(=O)C1. The second-order valence-electron chi connectivity index (χ2n) is 6.93. The summed E-state index contributed by atoms with van der Waals surface area (Å²) in [7, 11) is -3.11. The van der Waals surface area contributed by atoms with E-state index in [1.165, 1.54) is 31.2 Å². The van der Waals surface area contributed by atoms with Crippen molar-refractivity contribution in [1.82, 2.24) is 5.32 Å². The van der Waals surface area contributed by atoms with Crippen molar-refractivity contribution in [1.29, 1.82) is 0 Å². The predicted molar refractivity (Wildman–Crippen MR) is 106 cm³/mol. The van der Waals surface area contributed by atoms with E-state index in [2.05, 4.69) is 5.32 Å². The fourth-order valence-electron chi connectivity index (χ4n) is 3.02. The van der Waals surface area contributed by atoms with Crippen molar-refractivity contribution >= 4 is 27.5 Å². The van der Waals surface area contributed by atoms with E-state index < -0.39 is 33.9 Å². The Kier molecular flexibility index (Phi) is 6.12. The van der Waals surface area contributed by atoms with Crippen LogP contribution in [0.15, 0.2) is 54.6 Å². The maximum atomic E-state index is 12.4. The minimum absolute atomic E-state index is 0.0418. The van der Waals surface area contributed by atoms with Gasteiger partial charge in [0.05, 0.1) is 17.1 Å². The molecule has 1 amide bonds.